The number of rotatable bonds is 8. The monoisotopic (exact) mass is 659 g/mol. The van der Waals surface area contributed by atoms with Crippen molar-refractivity contribution in [3.05, 3.63) is 66.5 Å². The number of fused-ring (bicyclic) bond motifs is 1. The molecule has 0 aliphatic carbocycles. The Morgan fingerprint density at radius 1 is 0.936 bits per heavy atom. The van der Waals surface area contributed by atoms with Crippen LogP contribution in [0.25, 0.3) is 22.0 Å². The quantitative estimate of drug-likeness (QED) is 0.221. The van der Waals surface area contributed by atoms with Crippen molar-refractivity contribution in [1.29, 1.82) is 0 Å². The van der Waals surface area contributed by atoms with Crippen molar-refractivity contribution >= 4 is 38.7 Å². The van der Waals surface area contributed by atoms with Gasteiger partial charge in [-0.25, -0.2) is 19.7 Å². The summed E-state index contributed by atoms with van der Waals surface area (Å²) in [5, 5.41) is 4.86. The topological polar surface area (TPSA) is 139 Å². The van der Waals surface area contributed by atoms with Gasteiger partial charge in [0.25, 0.3) is 0 Å². The summed E-state index contributed by atoms with van der Waals surface area (Å²) in [4.78, 5) is 28.2. The van der Waals surface area contributed by atoms with E-state index in [9.17, 15) is 13.2 Å². The molecule has 2 fully saturated rings. The molecule has 0 bridgehead atoms. The Kier molecular flexibility index (Phi) is 9.20. The van der Waals surface area contributed by atoms with E-state index in [-0.39, 0.29) is 12.1 Å². The number of carbonyl (C=O) groups excluding carboxylic acids is 1. The van der Waals surface area contributed by atoms with Crippen molar-refractivity contribution in [2.45, 2.75) is 65.0 Å². The first-order valence-corrected chi connectivity index (χ1v) is 17.4. The zero-order valence-electron chi connectivity index (χ0n) is 27.2. The second-order valence-corrected chi connectivity index (χ2v) is 14.6. The number of aryl methyl sites for hydroxylation is 1. The molecule has 2 aromatic carbocycles. The predicted molar refractivity (Wildman–Crippen MR) is 182 cm³/mol. The molecular weight excluding hydrogens is 618 g/mol. The molecule has 1 atom stereocenters. The van der Waals surface area contributed by atoms with Crippen LogP contribution in [0.5, 0.6) is 11.6 Å². The van der Waals surface area contributed by atoms with Gasteiger partial charge in [0.1, 0.15) is 11.4 Å². The fourth-order valence-electron chi connectivity index (χ4n) is 5.91. The van der Waals surface area contributed by atoms with Gasteiger partial charge in [-0.2, -0.15) is 12.7 Å². The second-order valence-electron chi connectivity index (χ2n) is 13.0. The highest BCUT2D eigenvalue weighted by Crippen LogP contribution is 2.39. The van der Waals surface area contributed by atoms with Crippen molar-refractivity contribution in [2.24, 2.45) is 0 Å². The second kappa shape index (κ2) is 13.3. The number of ether oxygens (including phenoxy) is 2. The van der Waals surface area contributed by atoms with Crippen LogP contribution in [-0.4, -0.2) is 76.5 Å². The van der Waals surface area contributed by atoms with Crippen LogP contribution in [0.15, 0.2) is 60.9 Å². The number of amides is 1. The first kappa shape index (κ1) is 32.5. The van der Waals surface area contributed by atoms with E-state index in [1.165, 1.54) is 4.31 Å². The van der Waals surface area contributed by atoms with Crippen molar-refractivity contribution < 1.29 is 22.7 Å². The molecular formula is C34H41N7O5S. The SMILES string of the molecule is Cc1ccc2c(NS(=O)(=O)N3CCCC3)cccc2c1Oc1ncccc1-c1ccnc(NC2CCCN(C(=O)OC(C)(C)C)C2)n1. The Morgan fingerprint density at radius 2 is 1.74 bits per heavy atom. The Morgan fingerprint density at radius 3 is 2.53 bits per heavy atom. The third-order valence-corrected chi connectivity index (χ3v) is 9.68. The van der Waals surface area contributed by atoms with Gasteiger partial charge < -0.3 is 19.7 Å². The Bertz CT molecular complexity index is 1870. The molecule has 4 heterocycles. The highest BCUT2D eigenvalue weighted by atomic mass is 32.2. The zero-order chi connectivity index (χ0) is 33.2. The summed E-state index contributed by atoms with van der Waals surface area (Å²) in [6.07, 6.45) is 6.43. The highest BCUT2D eigenvalue weighted by molar-refractivity contribution is 7.90. The van der Waals surface area contributed by atoms with Gasteiger partial charge in [-0.05, 0) is 83.2 Å². The molecule has 2 N–H and O–H groups in total. The average molecular weight is 660 g/mol. The number of pyridine rings is 1. The maximum Gasteiger partial charge on any atom is 0.410 e. The van der Waals surface area contributed by atoms with E-state index in [0.717, 1.165) is 42.0 Å². The predicted octanol–water partition coefficient (Wildman–Crippen LogP) is 6.36. The molecule has 4 aromatic rings. The fourth-order valence-corrected chi connectivity index (χ4v) is 7.23. The molecule has 0 spiro atoms. The number of likely N-dealkylation sites (tertiary alicyclic amines) is 1. The number of aromatic nitrogens is 3. The smallest absolute Gasteiger partial charge is 0.410 e. The van der Waals surface area contributed by atoms with E-state index < -0.39 is 15.8 Å². The van der Waals surface area contributed by atoms with E-state index >= 15 is 0 Å². The summed E-state index contributed by atoms with van der Waals surface area (Å²) in [5.41, 5.74) is 2.07. The molecule has 0 saturated carbocycles. The van der Waals surface area contributed by atoms with E-state index in [2.05, 4.69) is 20.0 Å². The normalized spacial score (nSPS) is 17.4. The lowest BCUT2D eigenvalue weighted by atomic mass is 10.0. The number of hydrogen-bond donors (Lipinski definition) is 2. The Balaban J connectivity index is 1.24. The molecule has 1 unspecified atom stereocenters. The number of benzene rings is 2. The third-order valence-electron chi connectivity index (χ3n) is 8.16. The number of nitrogens with zero attached hydrogens (tertiary/aromatic N) is 5. The van der Waals surface area contributed by atoms with Crippen molar-refractivity contribution in [2.75, 3.05) is 36.2 Å². The largest absolute Gasteiger partial charge is 0.444 e. The van der Waals surface area contributed by atoms with E-state index in [0.29, 0.717) is 60.7 Å². The first-order valence-electron chi connectivity index (χ1n) is 16.0. The summed E-state index contributed by atoms with van der Waals surface area (Å²) in [6.45, 7) is 9.68. The van der Waals surface area contributed by atoms with Gasteiger partial charge in [0, 0.05) is 55.4 Å². The molecule has 6 rings (SSSR count). The Labute approximate surface area is 275 Å². The summed E-state index contributed by atoms with van der Waals surface area (Å²) < 4.78 is 42.5. The van der Waals surface area contributed by atoms with E-state index in [4.69, 9.17) is 14.5 Å². The summed E-state index contributed by atoms with van der Waals surface area (Å²) >= 11 is 0. The van der Waals surface area contributed by atoms with Gasteiger partial charge in [0.2, 0.25) is 11.8 Å². The van der Waals surface area contributed by atoms with Crippen molar-refractivity contribution in [1.82, 2.24) is 24.2 Å². The minimum atomic E-state index is -3.67. The van der Waals surface area contributed by atoms with Crippen LogP contribution < -0.4 is 14.8 Å². The van der Waals surface area contributed by atoms with Crippen LogP contribution in [0, 0.1) is 6.92 Å². The molecule has 2 aliphatic heterocycles. The number of piperidine rings is 1. The van der Waals surface area contributed by atoms with Gasteiger partial charge in [-0.1, -0.05) is 24.3 Å². The van der Waals surface area contributed by atoms with Crippen LogP contribution >= 0.6 is 0 Å². The summed E-state index contributed by atoms with van der Waals surface area (Å²) in [7, 11) is -3.67. The minimum absolute atomic E-state index is 0.0356. The summed E-state index contributed by atoms with van der Waals surface area (Å²) in [5.74, 6) is 1.36. The molecule has 12 nitrogen and oxygen atoms in total. The molecule has 13 heteroatoms. The first-order chi connectivity index (χ1) is 22.5. The molecule has 2 aromatic heterocycles. The fraction of sp³-hybridized carbons (Fsp3) is 0.412. The van der Waals surface area contributed by atoms with Crippen molar-refractivity contribution in [3.8, 4) is 22.9 Å². The maximum atomic E-state index is 13.1. The van der Waals surface area contributed by atoms with Crippen LogP contribution in [-0.2, 0) is 14.9 Å². The van der Waals surface area contributed by atoms with E-state index in [1.54, 1.807) is 29.4 Å². The number of nitrogens with one attached hydrogen (secondary N) is 2. The Hall–Kier alpha value is -4.49. The van der Waals surface area contributed by atoms with Gasteiger partial charge in [-0.15, -0.1) is 0 Å². The highest BCUT2D eigenvalue weighted by Gasteiger charge is 2.29. The van der Waals surface area contributed by atoms with Gasteiger partial charge in [0.15, 0.2) is 0 Å². The summed E-state index contributed by atoms with van der Waals surface area (Å²) in [6, 6.07) is 14.8. The number of anilines is 2. The van der Waals surface area contributed by atoms with E-state index in [1.807, 2.05) is 64.1 Å². The third kappa shape index (κ3) is 7.57. The van der Waals surface area contributed by atoms with Crippen LogP contribution in [0.4, 0.5) is 16.4 Å². The lowest BCUT2D eigenvalue weighted by Gasteiger charge is -2.34. The minimum Gasteiger partial charge on any atom is -0.444 e. The van der Waals surface area contributed by atoms with Crippen LogP contribution in [0.2, 0.25) is 0 Å². The van der Waals surface area contributed by atoms with Gasteiger partial charge in [0.05, 0.1) is 16.9 Å². The number of carbonyl (C=O) groups is 1. The lowest BCUT2D eigenvalue weighted by Crippen LogP contribution is -2.47. The van der Waals surface area contributed by atoms with Crippen LogP contribution in [0.1, 0.15) is 52.0 Å². The molecule has 47 heavy (non-hydrogen) atoms. The molecule has 2 saturated heterocycles. The molecule has 1 amide bonds. The molecule has 248 valence electrons. The van der Waals surface area contributed by atoms with Gasteiger partial charge in [-0.3, -0.25) is 4.72 Å². The van der Waals surface area contributed by atoms with Gasteiger partial charge >= 0.3 is 16.3 Å². The zero-order valence-corrected chi connectivity index (χ0v) is 28.0. The molecule has 2 aliphatic rings. The average Bonchev–Trinajstić information content (AvgIpc) is 3.59. The number of hydrogen-bond acceptors (Lipinski definition) is 9. The van der Waals surface area contributed by atoms with Crippen LogP contribution in [0.3, 0.4) is 0 Å². The maximum absolute atomic E-state index is 13.1. The molecule has 0 radical (unpaired) electrons. The lowest BCUT2D eigenvalue weighted by molar-refractivity contribution is 0.0206. The standard InChI is InChI=1S/C34H41N7O5S/c1-23-14-15-25-26(11-7-13-29(25)39-47(43,44)41-20-5-6-21-41)30(23)45-31-27(12-8-17-35-31)28-16-18-36-32(38-28)37-24-10-9-19-40(22-24)33(42)46-34(2,3)4/h7-8,11-18,24,39H,5-6,9-10,19-22H2,1-4H3,(H,36,37,38). The van der Waals surface area contributed by atoms with Crippen molar-refractivity contribution in [3.63, 3.8) is 0 Å².